The highest BCUT2D eigenvalue weighted by Crippen LogP contribution is 2.37. The Hall–Kier alpha value is -6.28. The van der Waals surface area contributed by atoms with E-state index in [-0.39, 0.29) is 78.2 Å². The van der Waals surface area contributed by atoms with Gasteiger partial charge in [0, 0.05) is 21.5 Å². The first kappa shape index (κ1) is 34.2. The van der Waals surface area contributed by atoms with E-state index in [9.17, 15) is 9.59 Å². The van der Waals surface area contributed by atoms with Gasteiger partial charge in [0.05, 0.1) is 43.9 Å². The summed E-state index contributed by atoms with van der Waals surface area (Å²) >= 11 is 0. The van der Waals surface area contributed by atoms with Crippen molar-refractivity contribution in [3.63, 3.8) is 0 Å². The van der Waals surface area contributed by atoms with Crippen molar-refractivity contribution in [2.75, 3.05) is 0 Å². The molecule has 0 radical (unpaired) electrons. The molecule has 6 aromatic heterocycles. The van der Waals surface area contributed by atoms with E-state index in [4.69, 9.17) is 9.97 Å². The molecule has 8 heteroatoms. The fourth-order valence-electron chi connectivity index (χ4n) is 8.83. The lowest BCUT2D eigenvalue weighted by Crippen LogP contribution is -2.19. The second-order valence-electron chi connectivity index (χ2n) is 16.8. The molecule has 10 aromatic rings. The van der Waals surface area contributed by atoms with Crippen molar-refractivity contribution >= 4 is 87.5 Å². The zero-order valence-electron chi connectivity index (χ0n) is 32.7. The summed E-state index contributed by atoms with van der Waals surface area (Å²) in [7, 11) is 0. The minimum Gasteiger partial charge on any atom is -0.306 e. The molecule has 8 nitrogen and oxygen atoms in total. The van der Waals surface area contributed by atoms with Gasteiger partial charge in [-0.15, -0.1) is 0 Å². The molecular weight excluding hydrogens is 697 g/mol. The number of benzene rings is 4. The molecule has 0 aliphatic rings. The summed E-state index contributed by atoms with van der Waals surface area (Å²) in [6.45, 7) is 16.8. The quantitative estimate of drug-likeness (QED) is 0.132. The minimum absolute atomic E-state index is 0.0779. The van der Waals surface area contributed by atoms with Crippen LogP contribution in [-0.2, 0) is 0 Å². The Morgan fingerprint density at radius 1 is 0.375 bits per heavy atom. The van der Waals surface area contributed by atoms with Gasteiger partial charge >= 0.3 is 0 Å². The van der Waals surface area contributed by atoms with Crippen molar-refractivity contribution < 1.29 is 0 Å². The van der Waals surface area contributed by atoms with E-state index < -0.39 is 0 Å². The van der Waals surface area contributed by atoms with Crippen LogP contribution < -0.4 is 21.7 Å². The molecular formula is C48H40N4O4. The number of fused-ring (bicyclic) bond motifs is 11. The van der Waals surface area contributed by atoms with Gasteiger partial charge in [-0.3, -0.25) is 19.2 Å². The standard InChI is InChI=1S/C48H40N4O4/c1-21(2)25-9-13-29-33(17-25)51-35-19-27(23(5)6)11-15-31(35)47(55)41-43(51)37(45(29)53)39-40(49-41)38-44-42(50-39)48(56)32-16-12-28(24(7)8)20-36(32)52(44)34-18-26(22(3)4)10-14-30(34)46(38)54/h9-24H,1-8H3. The van der Waals surface area contributed by atoms with Crippen LogP contribution in [-0.4, -0.2) is 18.8 Å². The third-order valence-electron chi connectivity index (χ3n) is 12.1. The second kappa shape index (κ2) is 11.6. The van der Waals surface area contributed by atoms with Crippen LogP contribution >= 0.6 is 0 Å². The van der Waals surface area contributed by atoms with E-state index in [1.165, 1.54) is 0 Å². The summed E-state index contributed by atoms with van der Waals surface area (Å²) in [6.07, 6.45) is 0. The molecule has 0 atom stereocenters. The molecule has 10 rings (SSSR count). The molecule has 276 valence electrons. The first-order chi connectivity index (χ1) is 26.8. The first-order valence-corrected chi connectivity index (χ1v) is 19.5. The van der Waals surface area contributed by atoms with Gasteiger partial charge in [0.25, 0.3) is 0 Å². The lowest BCUT2D eigenvalue weighted by molar-refractivity contribution is 0.866. The molecule has 0 saturated carbocycles. The third-order valence-corrected chi connectivity index (χ3v) is 12.1. The van der Waals surface area contributed by atoms with Gasteiger partial charge < -0.3 is 8.80 Å². The van der Waals surface area contributed by atoms with E-state index in [1.54, 1.807) is 0 Å². The zero-order chi connectivity index (χ0) is 39.2. The average molecular weight is 737 g/mol. The van der Waals surface area contributed by atoms with Gasteiger partial charge in [-0.25, -0.2) is 9.97 Å². The number of pyridine rings is 6. The number of hydrogen-bond acceptors (Lipinski definition) is 6. The van der Waals surface area contributed by atoms with Crippen molar-refractivity contribution in [3.05, 3.63) is 136 Å². The Bertz CT molecular complexity index is 3340. The van der Waals surface area contributed by atoms with Crippen LogP contribution in [0.3, 0.4) is 0 Å². The third kappa shape index (κ3) is 4.41. The van der Waals surface area contributed by atoms with Crippen LogP contribution in [0.4, 0.5) is 0 Å². The molecule has 0 spiro atoms. The molecule has 6 heterocycles. The van der Waals surface area contributed by atoms with Gasteiger partial charge in [0.1, 0.15) is 22.1 Å². The lowest BCUT2D eigenvalue weighted by atomic mass is 9.96. The van der Waals surface area contributed by atoms with E-state index in [1.807, 2.05) is 81.6 Å². The predicted octanol–water partition coefficient (Wildman–Crippen LogP) is 9.86. The monoisotopic (exact) mass is 736 g/mol. The SMILES string of the molecule is CC(C)c1ccc2c(=O)c3nc4c(nc5c(=O)c6ccc(C(C)C)cc6n6c7cc(C(C)C)ccc7c(=O)c4c56)c4c(=O)c5ccc(C(C)C)cc5n(c2c1)c34. The molecule has 0 aliphatic carbocycles. The highest BCUT2D eigenvalue weighted by Gasteiger charge is 2.27. The summed E-state index contributed by atoms with van der Waals surface area (Å²) in [5, 5.41) is 2.13. The van der Waals surface area contributed by atoms with Gasteiger partial charge in [0.15, 0.2) is 10.9 Å². The normalized spacial score (nSPS) is 12.9. The van der Waals surface area contributed by atoms with Crippen molar-refractivity contribution in [1.29, 1.82) is 0 Å². The van der Waals surface area contributed by atoms with Gasteiger partial charge in [-0.05, 0) is 94.5 Å². The summed E-state index contributed by atoms with van der Waals surface area (Å²) in [5.74, 6) is 0.719. The minimum atomic E-state index is -0.337. The van der Waals surface area contributed by atoms with E-state index in [2.05, 4.69) is 55.4 Å². The maximum atomic E-state index is 15.1. The number of aromatic nitrogens is 4. The highest BCUT2D eigenvalue weighted by atomic mass is 16.1. The molecule has 0 unspecified atom stereocenters. The van der Waals surface area contributed by atoms with Crippen molar-refractivity contribution in [2.45, 2.75) is 79.1 Å². The van der Waals surface area contributed by atoms with Crippen LogP contribution in [0.2, 0.25) is 0 Å². The van der Waals surface area contributed by atoms with Gasteiger partial charge in [0.2, 0.25) is 10.9 Å². The van der Waals surface area contributed by atoms with Gasteiger partial charge in [-0.1, -0.05) is 79.7 Å². The smallest absolute Gasteiger partial charge is 0.215 e. The number of rotatable bonds is 4. The molecule has 56 heavy (non-hydrogen) atoms. The van der Waals surface area contributed by atoms with Crippen LogP contribution in [0.15, 0.2) is 92.0 Å². The topological polar surface area (TPSA) is 103 Å². The fourth-order valence-corrected chi connectivity index (χ4v) is 8.83. The highest BCUT2D eigenvalue weighted by molar-refractivity contribution is 6.23. The van der Waals surface area contributed by atoms with Crippen molar-refractivity contribution in [1.82, 2.24) is 18.8 Å². The summed E-state index contributed by atoms with van der Waals surface area (Å²) in [4.78, 5) is 69.8. The molecule has 4 aromatic carbocycles. The lowest BCUT2D eigenvalue weighted by Gasteiger charge is -2.20. The van der Waals surface area contributed by atoms with Crippen LogP contribution in [0, 0.1) is 0 Å². The Morgan fingerprint density at radius 2 is 0.643 bits per heavy atom. The number of nitrogens with zero attached hydrogens (tertiary/aromatic N) is 4. The largest absolute Gasteiger partial charge is 0.306 e. The first-order valence-electron chi connectivity index (χ1n) is 19.5. The average Bonchev–Trinajstić information content (AvgIpc) is 3.18. The Labute approximate surface area is 320 Å². The van der Waals surface area contributed by atoms with Crippen molar-refractivity contribution in [3.8, 4) is 0 Å². The van der Waals surface area contributed by atoms with Crippen LogP contribution in [0.25, 0.3) is 87.5 Å². The number of hydrogen-bond donors (Lipinski definition) is 0. The maximum Gasteiger partial charge on any atom is 0.215 e. The summed E-state index contributed by atoms with van der Waals surface area (Å²) in [6, 6.07) is 23.3. The van der Waals surface area contributed by atoms with Crippen LogP contribution in [0.1, 0.15) is 101 Å². The Kier molecular flexibility index (Phi) is 7.10. The van der Waals surface area contributed by atoms with E-state index in [0.717, 1.165) is 22.3 Å². The summed E-state index contributed by atoms with van der Waals surface area (Å²) < 4.78 is 3.97. The molecule has 0 bridgehead atoms. The van der Waals surface area contributed by atoms with E-state index >= 15 is 9.59 Å². The maximum absolute atomic E-state index is 15.1. The van der Waals surface area contributed by atoms with Gasteiger partial charge in [-0.2, -0.15) is 0 Å². The van der Waals surface area contributed by atoms with E-state index in [0.29, 0.717) is 54.6 Å². The molecule has 0 amide bonds. The molecule has 0 aliphatic heterocycles. The molecule has 0 fully saturated rings. The Balaban J connectivity index is 1.56. The zero-order valence-corrected chi connectivity index (χ0v) is 32.7. The Morgan fingerprint density at radius 3 is 0.911 bits per heavy atom. The fraction of sp³-hybridized carbons (Fsp3) is 0.250. The molecule has 0 saturated heterocycles. The predicted molar refractivity (Wildman–Crippen MR) is 230 cm³/mol. The molecule has 0 N–H and O–H groups in total. The summed E-state index contributed by atoms with van der Waals surface area (Å²) in [5.41, 5.74) is 6.56. The van der Waals surface area contributed by atoms with Crippen LogP contribution in [0.5, 0.6) is 0 Å². The van der Waals surface area contributed by atoms with Crippen molar-refractivity contribution in [2.24, 2.45) is 0 Å². The second-order valence-corrected chi connectivity index (χ2v) is 16.8.